The molecule has 1 nitrogen and oxygen atoms in total. The molecule has 1 aromatic carbocycles. The van der Waals surface area contributed by atoms with Crippen LogP contribution in [0.4, 0.5) is 4.39 Å². The van der Waals surface area contributed by atoms with Crippen LogP contribution < -0.4 is 5.32 Å². The third-order valence-electron chi connectivity index (χ3n) is 3.53. The lowest BCUT2D eigenvalue weighted by Gasteiger charge is -2.16. The number of hydrogen-bond donors (Lipinski definition) is 1. The van der Waals surface area contributed by atoms with Gasteiger partial charge in [-0.05, 0) is 68.5 Å². The minimum Gasteiger partial charge on any atom is -0.316 e. The van der Waals surface area contributed by atoms with Gasteiger partial charge in [0.15, 0.2) is 0 Å². The molecule has 1 heterocycles. The number of nitrogens with one attached hydrogen (secondary N) is 1. The Bertz CT molecular complexity index is 371. The second kappa shape index (κ2) is 4.84. The molecule has 16 heavy (non-hydrogen) atoms. The highest BCUT2D eigenvalue weighted by molar-refractivity contribution is 9.10. The predicted octanol–water partition coefficient (Wildman–Crippen LogP) is 3.36. The van der Waals surface area contributed by atoms with Crippen molar-refractivity contribution in [1.29, 1.82) is 0 Å². The highest BCUT2D eigenvalue weighted by atomic mass is 79.9. The molecular formula is C13H17BrFN. The summed E-state index contributed by atoms with van der Waals surface area (Å²) in [5.41, 5.74) is 3.18. The summed E-state index contributed by atoms with van der Waals surface area (Å²) in [6, 6.07) is 1.57. The average molecular weight is 286 g/mol. The van der Waals surface area contributed by atoms with Crippen LogP contribution in [-0.2, 0) is 6.42 Å². The summed E-state index contributed by atoms with van der Waals surface area (Å²) in [6.07, 6.45) is 2.19. The summed E-state index contributed by atoms with van der Waals surface area (Å²) in [7, 11) is 0. The first-order chi connectivity index (χ1) is 7.59. The lowest BCUT2D eigenvalue weighted by molar-refractivity contribution is 0.565. The van der Waals surface area contributed by atoms with Gasteiger partial charge < -0.3 is 5.32 Å². The van der Waals surface area contributed by atoms with Gasteiger partial charge in [-0.3, -0.25) is 0 Å². The van der Waals surface area contributed by atoms with E-state index in [4.69, 9.17) is 0 Å². The van der Waals surface area contributed by atoms with Gasteiger partial charge in [-0.25, -0.2) is 4.39 Å². The molecule has 1 fully saturated rings. The normalized spacial score (nSPS) is 20.4. The van der Waals surface area contributed by atoms with Crippen LogP contribution in [0, 0.1) is 25.6 Å². The van der Waals surface area contributed by atoms with Crippen molar-refractivity contribution in [3.8, 4) is 0 Å². The Morgan fingerprint density at radius 3 is 2.81 bits per heavy atom. The van der Waals surface area contributed by atoms with E-state index in [1.807, 2.05) is 6.92 Å². The van der Waals surface area contributed by atoms with Crippen molar-refractivity contribution in [1.82, 2.24) is 5.32 Å². The average Bonchev–Trinajstić information content (AvgIpc) is 2.74. The van der Waals surface area contributed by atoms with Gasteiger partial charge in [-0.15, -0.1) is 0 Å². The first-order valence-electron chi connectivity index (χ1n) is 5.74. The van der Waals surface area contributed by atoms with Gasteiger partial charge >= 0.3 is 0 Å². The van der Waals surface area contributed by atoms with Crippen LogP contribution in [0.2, 0.25) is 0 Å². The van der Waals surface area contributed by atoms with Gasteiger partial charge in [0.2, 0.25) is 0 Å². The second-order valence-electron chi connectivity index (χ2n) is 4.63. The van der Waals surface area contributed by atoms with Crippen molar-refractivity contribution in [3.63, 3.8) is 0 Å². The number of benzene rings is 1. The lowest BCUT2D eigenvalue weighted by atomic mass is 9.92. The Kier molecular flexibility index (Phi) is 3.65. The zero-order valence-corrected chi connectivity index (χ0v) is 11.3. The van der Waals surface area contributed by atoms with E-state index < -0.39 is 0 Å². The molecule has 0 spiro atoms. The smallest absolute Gasteiger partial charge is 0.127 e. The molecule has 88 valence electrons. The SMILES string of the molecule is Cc1c(F)cc(Br)c(C)c1CC1CCNC1. The highest BCUT2D eigenvalue weighted by Crippen LogP contribution is 2.28. The van der Waals surface area contributed by atoms with E-state index in [1.165, 1.54) is 17.5 Å². The van der Waals surface area contributed by atoms with Gasteiger partial charge in [0.05, 0.1) is 0 Å². The Hall–Kier alpha value is -0.410. The molecule has 1 N–H and O–H groups in total. The summed E-state index contributed by atoms with van der Waals surface area (Å²) in [6.45, 7) is 6.10. The maximum absolute atomic E-state index is 13.6. The van der Waals surface area contributed by atoms with E-state index in [0.29, 0.717) is 5.92 Å². The highest BCUT2D eigenvalue weighted by Gasteiger charge is 2.19. The van der Waals surface area contributed by atoms with Gasteiger partial charge in [-0.2, -0.15) is 0 Å². The van der Waals surface area contributed by atoms with Crippen LogP contribution in [0.3, 0.4) is 0 Å². The fourth-order valence-corrected chi connectivity index (χ4v) is 2.82. The fourth-order valence-electron chi connectivity index (χ4n) is 2.38. The molecule has 1 atom stereocenters. The Balaban J connectivity index is 2.31. The molecule has 0 aliphatic carbocycles. The maximum atomic E-state index is 13.6. The predicted molar refractivity (Wildman–Crippen MR) is 68.3 cm³/mol. The van der Waals surface area contributed by atoms with Crippen molar-refractivity contribution in [2.45, 2.75) is 26.7 Å². The standard InChI is InChI=1S/C13H17BrFN/c1-8-11(5-10-3-4-16-7-10)9(2)13(15)6-12(8)14/h6,10,16H,3-5,7H2,1-2H3. The summed E-state index contributed by atoms with van der Waals surface area (Å²) in [5, 5.41) is 3.36. The number of hydrogen-bond acceptors (Lipinski definition) is 1. The van der Waals surface area contributed by atoms with Crippen molar-refractivity contribution >= 4 is 15.9 Å². The summed E-state index contributed by atoms with van der Waals surface area (Å²) < 4.78 is 14.5. The third kappa shape index (κ3) is 2.30. The van der Waals surface area contributed by atoms with Crippen LogP contribution in [0.5, 0.6) is 0 Å². The number of rotatable bonds is 2. The first kappa shape index (κ1) is 12.1. The van der Waals surface area contributed by atoms with Crippen molar-refractivity contribution < 1.29 is 4.39 Å². The van der Waals surface area contributed by atoms with Gasteiger partial charge in [0.25, 0.3) is 0 Å². The largest absolute Gasteiger partial charge is 0.316 e. The third-order valence-corrected chi connectivity index (χ3v) is 4.35. The van der Waals surface area contributed by atoms with Crippen molar-refractivity contribution in [2.24, 2.45) is 5.92 Å². The Labute approximate surface area is 105 Å². The molecule has 3 heteroatoms. The van der Waals surface area contributed by atoms with Crippen molar-refractivity contribution in [2.75, 3.05) is 13.1 Å². The van der Waals surface area contributed by atoms with E-state index >= 15 is 0 Å². The van der Waals surface area contributed by atoms with E-state index in [-0.39, 0.29) is 5.82 Å². The molecule has 0 saturated carbocycles. The van der Waals surface area contributed by atoms with Crippen molar-refractivity contribution in [3.05, 3.63) is 33.0 Å². The zero-order valence-electron chi connectivity index (χ0n) is 9.74. The van der Waals surface area contributed by atoms with Gasteiger partial charge in [-0.1, -0.05) is 15.9 Å². The Morgan fingerprint density at radius 2 is 2.19 bits per heavy atom. The monoisotopic (exact) mass is 285 g/mol. The molecule has 0 aromatic heterocycles. The molecule has 1 saturated heterocycles. The van der Waals surface area contributed by atoms with E-state index in [1.54, 1.807) is 6.07 Å². The molecule has 0 bridgehead atoms. The van der Waals surface area contributed by atoms with Crippen LogP contribution in [0.1, 0.15) is 23.1 Å². The molecule has 1 aliphatic heterocycles. The van der Waals surface area contributed by atoms with Crippen LogP contribution in [0.15, 0.2) is 10.5 Å². The zero-order chi connectivity index (χ0) is 11.7. The molecule has 2 rings (SSSR count). The molecular weight excluding hydrogens is 269 g/mol. The maximum Gasteiger partial charge on any atom is 0.127 e. The molecule has 0 amide bonds. The minimum atomic E-state index is -0.0987. The first-order valence-corrected chi connectivity index (χ1v) is 6.53. The lowest BCUT2D eigenvalue weighted by Crippen LogP contribution is -2.12. The molecule has 1 aliphatic rings. The van der Waals surface area contributed by atoms with Crippen LogP contribution in [-0.4, -0.2) is 13.1 Å². The minimum absolute atomic E-state index is 0.0987. The molecule has 1 aromatic rings. The topological polar surface area (TPSA) is 12.0 Å². The molecule has 1 unspecified atom stereocenters. The summed E-state index contributed by atoms with van der Waals surface area (Å²) in [5.74, 6) is 0.560. The fraction of sp³-hybridized carbons (Fsp3) is 0.538. The summed E-state index contributed by atoms with van der Waals surface area (Å²) in [4.78, 5) is 0. The molecule has 0 radical (unpaired) electrons. The van der Waals surface area contributed by atoms with E-state index in [2.05, 4.69) is 28.2 Å². The Morgan fingerprint density at radius 1 is 1.44 bits per heavy atom. The van der Waals surface area contributed by atoms with Gasteiger partial charge in [0.1, 0.15) is 5.82 Å². The summed E-state index contributed by atoms with van der Waals surface area (Å²) >= 11 is 3.42. The second-order valence-corrected chi connectivity index (χ2v) is 5.49. The van der Waals surface area contributed by atoms with Crippen LogP contribution in [0.25, 0.3) is 0 Å². The van der Waals surface area contributed by atoms with Crippen LogP contribution >= 0.6 is 15.9 Å². The van der Waals surface area contributed by atoms with E-state index in [9.17, 15) is 4.39 Å². The number of halogens is 2. The van der Waals surface area contributed by atoms with Gasteiger partial charge in [0, 0.05) is 4.47 Å². The quantitative estimate of drug-likeness (QED) is 0.879. The van der Waals surface area contributed by atoms with E-state index in [0.717, 1.165) is 29.5 Å².